The quantitative estimate of drug-likeness (QED) is 0.814. The number of benzene rings is 2. The first-order valence-corrected chi connectivity index (χ1v) is 7.38. The summed E-state index contributed by atoms with van der Waals surface area (Å²) < 4.78 is 26.9. The fraction of sp³-hybridized carbons (Fsp3) is 0.333. The van der Waals surface area contributed by atoms with Crippen LogP contribution in [0.5, 0.6) is 5.75 Å². The molecule has 2 aromatic rings. The zero-order valence-electron chi connectivity index (χ0n) is 11.7. The van der Waals surface area contributed by atoms with E-state index < -0.39 is 17.4 Å². The molecule has 21 heavy (non-hydrogen) atoms. The average molecular weight is 288 g/mol. The van der Waals surface area contributed by atoms with E-state index in [1.165, 1.54) is 17.7 Å². The van der Waals surface area contributed by atoms with Crippen LogP contribution in [0.1, 0.15) is 48.6 Å². The smallest absolute Gasteiger partial charge is 0.187 e. The molecule has 0 spiro atoms. The summed E-state index contributed by atoms with van der Waals surface area (Å²) in [4.78, 5) is 0. The second kappa shape index (κ2) is 5.84. The number of phenolic OH excluding ortho intramolecular Hbond substituents is 1. The van der Waals surface area contributed by atoms with Crippen molar-refractivity contribution in [3.8, 4) is 5.75 Å². The lowest BCUT2D eigenvalue weighted by Crippen LogP contribution is -2.12. The van der Waals surface area contributed by atoms with Crippen molar-refractivity contribution in [2.45, 2.75) is 37.5 Å². The Hall–Kier alpha value is -1.90. The predicted octanol–water partition coefficient (Wildman–Crippen LogP) is 5.11. The van der Waals surface area contributed by atoms with E-state index >= 15 is 0 Å². The first kappa shape index (κ1) is 14.1. The molecule has 0 bridgehead atoms. The summed E-state index contributed by atoms with van der Waals surface area (Å²) in [6, 6.07) is 12.9. The molecule has 2 aromatic carbocycles. The van der Waals surface area contributed by atoms with E-state index in [1.54, 1.807) is 0 Å². The molecular weight excluding hydrogens is 270 g/mol. The SMILES string of the molecule is Oc1c(F)cc(C2CCC(c3ccccc3)CC2)cc1F. The molecule has 110 valence electrons. The van der Waals surface area contributed by atoms with E-state index in [0.29, 0.717) is 11.5 Å². The van der Waals surface area contributed by atoms with Gasteiger partial charge in [-0.25, -0.2) is 8.78 Å². The van der Waals surface area contributed by atoms with Crippen molar-refractivity contribution in [2.75, 3.05) is 0 Å². The van der Waals surface area contributed by atoms with Crippen LogP contribution in [0.3, 0.4) is 0 Å². The van der Waals surface area contributed by atoms with Crippen LogP contribution in [0.25, 0.3) is 0 Å². The average Bonchev–Trinajstić information content (AvgIpc) is 2.53. The zero-order chi connectivity index (χ0) is 14.8. The first-order chi connectivity index (χ1) is 10.1. The highest BCUT2D eigenvalue weighted by Gasteiger charge is 2.24. The van der Waals surface area contributed by atoms with Crippen LogP contribution >= 0.6 is 0 Å². The molecule has 1 fully saturated rings. The van der Waals surface area contributed by atoms with Gasteiger partial charge in [-0.2, -0.15) is 0 Å². The molecular formula is C18H18F2O. The molecule has 0 amide bonds. The maximum absolute atomic E-state index is 13.4. The Morgan fingerprint density at radius 1 is 0.762 bits per heavy atom. The van der Waals surface area contributed by atoms with Gasteiger partial charge in [0.1, 0.15) is 0 Å². The molecule has 0 radical (unpaired) electrons. The molecule has 3 heteroatoms. The van der Waals surface area contributed by atoms with Gasteiger partial charge < -0.3 is 5.11 Å². The van der Waals surface area contributed by atoms with E-state index in [2.05, 4.69) is 12.1 Å². The van der Waals surface area contributed by atoms with Crippen molar-refractivity contribution < 1.29 is 13.9 Å². The van der Waals surface area contributed by atoms with Gasteiger partial charge in [0, 0.05) is 0 Å². The summed E-state index contributed by atoms with van der Waals surface area (Å²) in [6.45, 7) is 0. The van der Waals surface area contributed by atoms with Crippen molar-refractivity contribution in [1.82, 2.24) is 0 Å². The van der Waals surface area contributed by atoms with Gasteiger partial charge in [-0.3, -0.25) is 0 Å². The molecule has 0 aliphatic heterocycles. The Morgan fingerprint density at radius 2 is 1.24 bits per heavy atom. The van der Waals surface area contributed by atoms with E-state index in [9.17, 15) is 8.78 Å². The second-order valence-electron chi connectivity index (χ2n) is 5.79. The van der Waals surface area contributed by atoms with Crippen molar-refractivity contribution in [3.05, 3.63) is 65.2 Å². The van der Waals surface area contributed by atoms with Gasteiger partial charge in [0.15, 0.2) is 17.4 Å². The largest absolute Gasteiger partial charge is 0.503 e. The van der Waals surface area contributed by atoms with Crippen LogP contribution in [0.4, 0.5) is 8.78 Å². The minimum absolute atomic E-state index is 0.176. The molecule has 0 aromatic heterocycles. The number of rotatable bonds is 2. The van der Waals surface area contributed by atoms with Gasteiger partial charge in [0.2, 0.25) is 0 Å². The maximum Gasteiger partial charge on any atom is 0.187 e. The Morgan fingerprint density at radius 3 is 1.76 bits per heavy atom. The van der Waals surface area contributed by atoms with E-state index in [4.69, 9.17) is 5.11 Å². The fourth-order valence-electron chi connectivity index (χ4n) is 3.31. The van der Waals surface area contributed by atoms with E-state index in [-0.39, 0.29) is 5.92 Å². The molecule has 0 unspecified atom stereocenters. The Kier molecular flexibility index (Phi) is 3.91. The molecule has 1 aliphatic carbocycles. The summed E-state index contributed by atoms with van der Waals surface area (Å²) in [6.07, 6.45) is 3.89. The van der Waals surface area contributed by atoms with Crippen LogP contribution in [-0.2, 0) is 0 Å². The molecule has 3 rings (SSSR count). The molecule has 1 aliphatic rings. The highest BCUT2D eigenvalue weighted by atomic mass is 19.1. The fourth-order valence-corrected chi connectivity index (χ4v) is 3.31. The predicted molar refractivity (Wildman–Crippen MR) is 78.4 cm³/mol. The lowest BCUT2D eigenvalue weighted by Gasteiger charge is -2.29. The van der Waals surface area contributed by atoms with Crippen molar-refractivity contribution in [1.29, 1.82) is 0 Å². The summed E-state index contributed by atoms with van der Waals surface area (Å²) >= 11 is 0. The minimum atomic E-state index is -0.878. The number of halogens is 2. The highest BCUT2D eigenvalue weighted by Crippen LogP contribution is 2.41. The van der Waals surface area contributed by atoms with Crippen molar-refractivity contribution >= 4 is 0 Å². The van der Waals surface area contributed by atoms with Gasteiger partial charge in [-0.15, -0.1) is 0 Å². The Balaban J connectivity index is 1.71. The third-order valence-electron chi connectivity index (χ3n) is 4.51. The Labute approximate surface area is 123 Å². The number of phenols is 1. The monoisotopic (exact) mass is 288 g/mol. The van der Waals surface area contributed by atoms with Crippen LogP contribution < -0.4 is 0 Å². The highest BCUT2D eigenvalue weighted by molar-refractivity contribution is 5.32. The summed E-state index contributed by atoms with van der Waals surface area (Å²) in [7, 11) is 0. The van der Waals surface area contributed by atoms with Crippen LogP contribution in [0.15, 0.2) is 42.5 Å². The van der Waals surface area contributed by atoms with Gasteiger partial charge in [-0.05, 0) is 60.8 Å². The molecule has 1 nitrogen and oxygen atoms in total. The normalized spacial score (nSPS) is 22.2. The molecule has 1 saturated carbocycles. The summed E-state index contributed by atoms with van der Waals surface area (Å²) in [5.41, 5.74) is 2.01. The van der Waals surface area contributed by atoms with Crippen molar-refractivity contribution in [3.63, 3.8) is 0 Å². The summed E-state index contributed by atoms with van der Waals surface area (Å²) in [5, 5.41) is 9.17. The minimum Gasteiger partial charge on any atom is -0.503 e. The molecule has 0 saturated heterocycles. The van der Waals surface area contributed by atoms with Crippen LogP contribution in [0.2, 0.25) is 0 Å². The third kappa shape index (κ3) is 2.92. The maximum atomic E-state index is 13.4. The lowest BCUT2D eigenvalue weighted by molar-refractivity contribution is 0.380. The second-order valence-corrected chi connectivity index (χ2v) is 5.79. The van der Waals surface area contributed by atoms with Gasteiger partial charge >= 0.3 is 0 Å². The summed E-state index contributed by atoms with van der Waals surface area (Å²) in [5.74, 6) is -1.90. The van der Waals surface area contributed by atoms with E-state index in [1.807, 2.05) is 18.2 Å². The van der Waals surface area contributed by atoms with Crippen LogP contribution in [0, 0.1) is 11.6 Å². The standard InChI is InChI=1S/C18H18F2O/c19-16-10-15(11-17(20)18(16)21)14-8-6-13(7-9-14)12-4-2-1-3-5-12/h1-5,10-11,13-14,21H,6-9H2. The Bertz CT molecular complexity index is 593. The van der Waals surface area contributed by atoms with Gasteiger partial charge in [0.25, 0.3) is 0 Å². The first-order valence-electron chi connectivity index (χ1n) is 7.38. The van der Waals surface area contributed by atoms with Gasteiger partial charge in [-0.1, -0.05) is 30.3 Å². The van der Waals surface area contributed by atoms with Crippen molar-refractivity contribution in [2.24, 2.45) is 0 Å². The van der Waals surface area contributed by atoms with Gasteiger partial charge in [0.05, 0.1) is 0 Å². The molecule has 0 atom stereocenters. The number of aromatic hydroxyl groups is 1. The number of hydrogen-bond donors (Lipinski definition) is 1. The third-order valence-corrected chi connectivity index (χ3v) is 4.51. The molecule has 1 N–H and O–H groups in total. The van der Waals surface area contributed by atoms with Crippen LogP contribution in [-0.4, -0.2) is 5.11 Å². The molecule has 0 heterocycles. The zero-order valence-corrected chi connectivity index (χ0v) is 11.7. The number of hydrogen-bond acceptors (Lipinski definition) is 1. The van der Waals surface area contributed by atoms with E-state index in [0.717, 1.165) is 25.7 Å². The lowest BCUT2D eigenvalue weighted by atomic mass is 9.76. The topological polar surface area (TPSA) is 20.2 Å².